The van der Waals surface area contributed by atoms with Crippen LogP contribution in [0.2, 0.25) is 0 Å². The number of ether oxygens (including phenoxy) is 1. The first-order valence-corrected chi connectivity index (χ1v) is 9.46. The second kappa shape index (κ2) is 7.91. The van der Waals surface area contributed by atoms with Crippen LogP contribution >= 0.6 is 0 Å². The Morgan fingerprint density at radius 1 is 0.704 bits per heavy atom. The third-order valence-corrected chi connectivity index (χ3v) is 5.20. The molecule has 136 valence electrons. The van der Waals surface area contributed by atoms with E-state index >= 15 is 0 Å². The van der Waals surface area contributed by atoms with Crippen molar-refractivity contribution in [2.45, 2.75) is 18.1 Å². The fourth-order valence-electron chi connectivity index (χ4n) is 3.88. The van der Waals surface area contributed by atoms with Crippen LogP contribution in [0.25, 0.3) is 0 Å². The molecule has 2 nitrogen and oxygen atoms in total. The SMILES string of the molecule is O[C@H]1C=C[C@H](COC(c2ccccc2)(c2ccccc2)c2ccccc2)C1. The van der Waals surface area contributed by atoms with Crippen molar-refractivity contribution in [2.24, 2.45) is 5.92 Å². The van der Waals surface area contributed by atoms with Gasteiger partial charge in [0.2, 0.25) is 0 Å². The van der Waals surface area contributed by atoms with E-state index in [0.717, 1.165) is 16.7 Å². The molecule has 0 aliphatic heterocycles. The van der Waals surface area contributed by atoms with E-state index in [1.54, 1.807) is 0 Å². The average molecular weight is 356 g/mol. The predicted molar refractivity (Wildman–Crippen MR) is 108 cm³/mol. The zero-order valence-electron chi connectivity index (χ0n) is 15.2. The maximum Gasteiger partial charge on any atom is 0.143 e. The van der Waals surface area contributed by atoms with Crippen molar-refractivity contribution in [2.75, 3.05) is 6.61 Å². The van der Waals surface area contributed by atoms with Crippen LogP contribution in [-0.4, -0.2) is 17.8 Å². The maximum atomic E-state index is 9.84. The lowest BCUT2D eigenvalue weighted by Crippen LogP contribution is -2.34. The lowest BCUT2D eigenvalue weighted by atomic mass is 9.80. The molecule has 1 aliphatic carbocycles. The number of benzene rings is 3. The van der Waals surface area contributed by atoms with E-state index in [1.807, 2.05) is 24.3 Å². The van der Waals surface area contributed by atoms with E-state index in [0.29, 0.717) is 13.0 Å². The molecular weight excluding hydrogens is 332 g/mol. The monoisotopic (exact) mass is 356 g/mol. The topological polar surface area (TPSA) is 29.5 Å². The molecule has 1 aliphatic rings. The summed E-state index contributed by atoms with van der Waals surface area (Å²) in [4.78, 5) is 0. The first-order valence-electron chi connectivity index (χ1n) is 9.46. The summed E-state index contributed by atoms with van der Waals surface area (Å²) in [5, 5.41) is 9.84. The Hall–Kier alpha value is -2.68. The molecule has 0 aromatic heterocycles. The van der Waals surface area contributed by atoms with E-state index in [9.17, 15) is 5.11 Å². The van der Waals surface area contributed by atoms with Gasteiger partial charge in [-0.3, -0.25) is 0 Å². The van der Waals surface area contributed by atoms with Crippen molar-refractivity contribution >= 4 is 0 Å². The third-order valence-electron chi connectivity index (χ3n) is 5.20. The normalized spacial score (nSPS) is 19.3. The van der Waals surface area contributed by atoms with Crippen LogP contribution in [0.1, 0.15) is 23.1 Å². The van der Waals surface area contributed by atoms with Crippen LogP contribution < -0.4 is 0 Å². The average Bonchev–Trinajstić information content (AvgIpc) is 3.16. The smallest absolute Gasteiger partial charge is 0.143 e. The van der Waals surface area contributed by atoms with Gasteiger partial charge in [-0.05, 0) is 23.1 Å². The van der Waals surface area contributed by atoms with Crippen LogP contribution in [-0.2, 0) is 10.3 Å². The van der Waals surface area contributed by atoms with Crippen molar-refractivity contribution in [3.63, 3.8) is 0 Å². The van der Waals surface area contributed by atoms with Gasteiger partial charge in [0.15, 0.2) is 0 Å². The molecule has 4 rings (SSSR count). The summed E-state index contributed by atoms with van der Waals surface area (Å²) in [6.45, 7) is 0.548. The molecule has 2 heteroatoms. The Labute approximate surface area is 160 Å². The molecule has 1 N–H and O–H groups in total. The van der Waals surface area contributed by atoms with Gasteiger partial charge in [0.05, 0.1) is 12.7 Å². The largest absolute Gasteiger partial charge is 0.389 e. The molecule has 0 saturated carbocycles. The first kappa shape index (κ1) is 17.7. The Morgan fingerprint density at radius 2 is 1.15 bits per heavy atom. The highest BCUT2D eigenvalue weighted by Crippen LogP contribution is 2.41. The van der Waals surface area contributed by atoms with Crippen LogP contribution in [0, 0.1) is 5.92 Å². The van der Waals surface area contributed by atoms with Crippen LogP contribution in [0.5, 0.6) is 0 Å². The molecule has 0 radical (unpaired) electrons. The van der Waals surface area contributed by atoms with Crippen molar-refractivity contribution in [1.29, 1.82) is 0 Å². The van der Waals surface area contributed by atoms with Gasteiger partial charge in [-0.2, -0.15) is 0 Å². The van der Waals surface area contributed by atoms with Gasteiger partial charge < -0.3 is 9.84 Å². The quantitative estimate of drug-likeness (QED) is 0.501. The molecule has 0 spiro atoms. The summed E-state index contributed by atoms with van der Waals surface area (Å²) in [6, 6.07) is 31.2. The Morgan fingerprint density at radius 3 is 1.52 bits per heavy atom. The summed E-state index contributed by atoms with van der Waals surface area (Å²) in [5.74, 6) is 0.218. The minimum atomic E-state index is -0.689. The molecule has 0 bridgehead atoms. The fourth-order valence-corrected chi connectivity index (χ4v) is 3.88. The summed E-state index contributed by atoms with van der Waals surface area (Å²) in [5.41, 5.74) is 2.62. The zero-order chi connectivity index (χ0) is 18.5. The number of aliphatic hydroxyl groups excluding tert-OH is 1. The molecule has 0 amide bonds. The number of hydrogen-bond donors (Lipinski definition) is 1. The summed E-state index contributed by atoms with van der Waals surface area (Å²) in [6.07, 6.45) is 4.28. The maximum absolute atomic E-state index is 9.84. The van der Waals surface area contributed by atoms with Gasteiger partial charge in [0.1, 0.15) is 5.60 Å². The molecule has 2 atom stereocenters. The Balaban J connectivity index is 1.83. The van der Waals surface area contributed by atoms with Gasteiger partial charge in [-0.15, -0.1) is 0 Å². The van der Waals surface area contributed by atoms with Gasteiger partial charge in [0, 0.05) is 5.92 Å². The Bertz CT molecular complexity index is 775. The second-order valence-corrected chi connectivity index (χ2v) is 7.04. The number of aliphatic hydroxyl groups is 1. The Kier molecular flexibility index (Phi) is 5.19. The summed E-state index contributed by atoms with van der Waals surface area (Å²) < 4.78 is 6.76. The van der Waals surface area contributed by atoms with Gasteiger partial charge in [0.25, 0.3) is 0 Å². The van der Waals surface area contributed by atoms with Gasteiger partial charge >= 0.3 is 0 Å². The molecular formula is C25H24O2. The van der Waals surface area contributed by atoms with E-state index in [4.69, 9.17) is 4.74 Å². The highest BCUT2D eigenvalue weighted by atomic mass is 16.5. The molecule has 0 saturated heterocycles. The third kappa shape index (κ3) is 3.59. The van der Waals surface area contributed by atoms with Crippen molar-refractivity contribution in [3.8, 4) is 0 Å². The molecule has 3 aromatic rings. The first-order chi connectivity index (χ1) is 13.3. The van der Waals surface area contributed by atoms with E-state index in [-0.39, 0.29) is 12.0 Å². The highest BCUT2D eigenvalue weighted by Gasteiger charge is 2.38. The van der Waals surface area contributed by atoms with Crippen molar-refractivity contribution < 1.29 is 9.84 Å². The van der Waals surface area contributed by atoms with E-state index in [1.165, 1.54) is 0 Å². The second-order valence-electron chi connectivity index (χ2n) is 7.04. The van der Waals surface area contributed by atoms with Gasteiger partial charge in [-0.1, -0.05) is 103 Å². The molecule has 0 fully saturated rings. The molecule has 27 heavy (non-hydrogen) atoms. The fraction of sp³-hybridized carbons (Fsp3) is 0.200. The lowest BCUT2D eigenvalue weighted by Gasteiger charge is -2.36. The minimum absolute atomic E-state index is 0.218. The van der Waals surface area contributed by atoms with Crippen LogP contribution in [0.15, 0.2) is 103 Å². The molecule has 0 heterocycles. The van der Waals surface area contributed by atoms with Crippen LogP contribution in [0.3, 0.4) is 0 Å². The van der Waals surface area contributed by atoms with Crippen molar-refractivity contribution in [1.82, 2.24) is 0 Å². The highest BCUT2D eigenvalue weighted by molar-refractivity contribution is 5.47. The predicted octanol–water partition coefficient (Wildman–Crippen LogP) is 4.93. The number of hydrogen-bond acceptors (Lipinski definition) is 2. The standard InChI is InChI=1S/C25H24O2/c26-24-17-16-20(18-24)19-27-25(21-10-4-1-5-11-21,22-12-6-2-7-13-22)23-14-8-3-9-15-23/h1-17,20,24,26H,18-19H2/t20-,24-/m0/s1. The molecule has 3 aromatic carbocycles. The summed E-state index contributed by atoms with van der Waals surface area (Å²) in [7, 11) is 0. The number of rotatable bonds is 6. The van der Waals surface area contributed by atoms with Crippen molar-refractivity contribution in [3.05, 3.63) is 120 Å². The van der Waals surface area contributed by atoms with E-state index in [2.05, 4.69) is 78.9 Å². The van der Waals surface area contributed by atoms with E-state index < -0.39 is 5.60 Å². The zero-order valence-corrected chi connectivity index (χ0v) is 15.2. The lowest BCUT2D eigenvalue weighted by molar-refractivity contribution is -0.00393. The molecule has 0 unspecified atom stereocenters. The van der Waals surface area contributed by atoms with Crippen LogP contribution in [0.4, 0.5) is 0 Å². The van der Waals surface area contributed by atoms with Gasteiger partial charge in [-0.25, -0.2) is 0 Å². The minimum Gasteiger partial charge on any atom is -0.389 e. The summed E-state index contributed by atoms with van der Waals surface area (Å²) >= 11 is 0.